The fraction of sp³-hybridized carbons (Fsp3) is 0.318. The second-order valence-corrected chi connectivity index (χ2v) is 6.50. The SMILES string of the molecule is CCOC(=O)CC(=O)N(Cc1ccccc1)C(C)(C)C#Cc1cccnc1. The quantitative estimate of drug-likeness (QED) is 0.449. The first-order valence-electron chi connectivity index (χ1n) is 8.85. The summed E-state index contributed by atoms with van der Waals surface area (Å²) in [5, 5.41) is 0. The van der Waals surface area contributed by atoms with Crippen LogP contribution in [-0.4, -0.2) is 33.9 Å². The van der Waals surface area contributed by atoms with E-state index in [0.717, 1.165) is 11.1 Å². The molecule has 0 aliphatic heterocycles. The molecule has 0 N–H and O–H groups in total. The number of hydrogen-bond donors (Lipinski definition) is 0. The van der Waals surface area contributed by atoms with Gasteiger partial charge in [-0.05, 0) is 38.5 Å². The van der Waals surface area contributed by atoms with Crippen LogP contribution in [0.3, 0.4) is 0 Å². The highest BCUT2D eigenvalue weighted by Crippen LogP contribution is 2.19. The van der Waals surface area contributed by atoms with E-state index in [0.29, 0.717) is 6.54 Å². The van der Waals surface area contributed by atoms with Crippen LogP contribution in [0.2, 0.25) is 0 Å². The molecular formula is C22H24N2O3. The van der Waals surface area contributed by atoms with Gasteiger partial charge in [-0.1, -0.05) is 42.2 Å². The molecule has 0 radical (unpaired) electrons. The third kappa shape index (κ3) is 6.27. The molecule has 2 aromatic rings. The molecular weight excluding hydrogens is 340 g/mol. The van der Waals surface area contributed by atoms with Crippen LogP contribution in [0, 0.1) is 11.8 Å². The molecule has 0 unspecified atom stereocenters. The zero-order valence-corrected chi connectivity index (χ0v) is 15.9. The Morgan fingerprint density at radius 1 is 1.15 bits per heavy atom. The van der Waals surface area contributed by atoms with Crippen molar-refractivity contribution in [2.24, 2.45) is 0 Å². The van der Waals surface area contributed by atoms with Crippen molar-refractivity contribution >= 4 is 11.9 Å². The number of nitrogens with zero attached hydrogens (tertiary/aromatic N) is 2. The maximum Gasteiger partial charge on any atom is 0.315 e. The van der Waals surface area contributed by atoms with Gasteiger partial charge in [0, 0.05) is 24.5 Å². The molecule has 0 saturated heterocycles. The minimum atomic E-state index is -0.782. The highest BCUT2D eigenvalue weighted by Gasteiger charge is 2.30. The summed E-state index contributed by atoms with van der Waals surface area (Å²) in [6.45, 7) is 6.04. The number of pyridine rings is 1. The summed E-state index contributed by atoms with van der Waals surface area (Å²) in [6, 6.07) is 13.3. The summed E-state index contributed by atoms with van der Waals surface area (Å²) < 4.78 is 4.92. The lowest BCUT2D eigenvalue weighted by atomic mass is 10.0. The van der Waals surface area contributed by atoms with E-state index in [2.05, 4.69) is 16.8 Å². The molecule has 5 nitrogen and oxygen atoms in total. The number of benzene rings is 1. The molecule has 0 atom stereocenters. The molecule has 0 fully saturated rings. The summed E-state index contributed by atoms with van der Waals surface area (Å²) in [7, 11) is 0. The lowest BCUT2D eigenvalue weighted by Crippen LogP contribution is -2.47. The maximum absolute atomic E-state index is 12.8. The average Bonchev–Trinajstić information content (AvgIpc) is 2.66. The number of ether oxygens (including phenoxy) is 1. The number of amides is 1. The number of carbonyl (C=O) groups excluding carboxylic acids is 2. The van der Waals surface area contributed by atoms with Gasteiger partial charge in [-0.2, -0.15) is 0 Å². The summed E-state index contributed by atoms with van der Waals surface area (Å²) >= 11 is 0. The molecule has 2 rings (SSSR count). The topological polar surface area (TPSA) is 59.5 Å². The highest BCUT2D eigenvalue weighted by molar-refractivity contribution is 5.94. The Hall–Kier alpha value is -3.13. The summed E-state index contributed by atoms with van der Waals surface area (Å²) in [6.07, 6.45) is 3.05. The molecule has 0 bridgehead atoms. The molecule has 1 aromatic carbocycles. The van der Waals surface area contributed by atoms with Gasteiger partial charge in [-0.15, -0.1) is 0 Å². The van der Waals surface area contributed by atoms with Gasteiger partial charge < -0.3 is 9.64 Å². The van der Waals surface area contributed by atoms with Crippen LogP contribution in [-0.2, 0) is 20.9 Å². The molecule has 0 spiro atoms. The van der Waals surface area contributed by atoms with Gasteiger partial charge in [0.15, 0.2) is 0 Å². The van der Waals surface area contributed by atoms with Crippen LogP contribution in [0.25, 0.3) is 0 Å². The minimum Gasteiger partial charge on any atom is -0.466 e. The van der Waals surface area contributed by atoms with Crippen molar-refractivity contribution in [3.8, 4) is 11.8 Å². The van der Waals surface area contributed by atoms with Crippen molar-refractivity contribution in [1.82, 2.24) is 9.88 Å². The summed E-state index contributed by atoms with van der Waals surface area (Å²) in [5.74, 6) is 5.36. The van der Waals surface area contributed by atoms with Gasteiger partial charge in [0.05, 0.1) is 12.1 Å². The predicted octanol–water partition coefficient (Wildman–Crippen LogP) is 3.19. The number of aromatic nitrogens is 1. The zero-order chi connectivity index (χ0) is 19.7. The number of esters is 1. The van der Waals surface area contributed by atoms with Crippen LogP contribution >= 0.6 is 0 Å². The minimum absolute atomic E-state index is 0.245. The van der Waals surface area contributed by atoms with Crippen molar-refractivity contribution in [1.29, 1.82) is 0 Å². The first kappa shape index (κ1) is 20.2. The highest BCUT2D eigenvalue weighted by atomic mass is 16.5. The summed E-state index contributed by atoms with van der Waals surface area (Å²) in [4.78, 5) is 30.3. The smallest absolute Gasteiger partial charge is 0.315 e. The summed E-state index contributed by atoms with van der Waals surface area (Å²) in [5.41, 5.74) is 0.948. The lowest BCUT2D eigenvalue weighted by molar-refractivity contribution is -0.150. The number of carbonyl (C=O) groups is 2. The van der Waals surface area contributed by atoms with E-state index in [1.807, 2.05) is 56.3 Å². The molecule has 1 heterocycles. The fourth-order valence-corrected chi connectivity index (χ4v) is 2.52. The average molecular weight is 364 g/mol. The molecule has 5 heteroatoms. The Morgan fingerprint density at radius 2 is 1.89 bits per heavy atom. The van der Waals surface area contributed by atoms with Gasteiger partial charge >= 0.3 is 5.97 Å². The monoisotopic (exact) mass is 364 g/mol. The number of rotatable bonds is 6. The van der Waals surface area contributed by atoms with Crippen molar-refractivity contribution in [3.63, 3.8) is 0 Å². The van der Waals surface area contributed by atoms with Gasteiger partial charge in [0.1, 0.15) is 6.42 Å². The normalized spacial score (nSPS) is 10.5. The first-order chi connectivity index (χ1) is 12.9. The van der Waals surface area contributed by atoms with Crippen molar-refractivity contribution in [2.75, 3.05) is 6.61 Å². The third-order valence-corrected chi connectivity index (χ3v) is 3.93. The molecule has 1 aromatic heterocycles. The van der Waals surface area contributed by atoms with Gasteiger partial charge in [0.2, 0.25) is 5.91 Å². The third-order valence-electron chi connectivity index (χ3n) is 3.93. The first-order valence-corrected chi connectivity index (χ1v) is 8.85. The van der Waals surface area contributed by atoms with E-state index in [-0.39, 0.29) is 18.9 Å². The largest absolute Gasteiger partial charge is 0.466 e. The molecule has 0 aliphatic rings. The Labute approximate surface area is 160 Å². The van der Waals surface area contributed by atoms with E-state index in [1.165, 1.54) is 0 Å². The molecule has 1 amide bonds. The maximum atomic E-state index is 12.8. The Morgan fingerprint density at radius 3 is 2.52 bits per heavy atom. The van der Waals surface area contributed by atoms with E-state index in [4.69, 9.17) is 4.74 Å². The van der Waals surface area contributed by atoms with E-state index >= 15 is 0 Å². The molecule has 0 aliphatic carbocycles. The van der Waals surface area contributed by atoms with Crippen molar-refractivity contribution < 1.29 is 14.3 Å². The van der Waals surface area contributed by atoms with Gasteiger partial charge in [-0.25, -0.2) is 0 Å². The second-order valence-electron chi connectivity index (χ2n) is 6.50. The van der Waals surface area contributed by atoms with E-state index in [1.54, 1.807) is 24.2 Å². The van der Waals surface area contributed by atoms with Gasteiger partial charge in [0.25, 0.3) is 0 Å². The van der Waals surface area contributed by atoms with Crippen LogP contribution in [0.1, 0.15) is 38.3 Å². The second kappa shape index (κ2) is 9.54. The van der Waals surface area contributed by atoms with Gasteiger partial charge in [-0.3, -0.25) is 14.6 Å². The predicted molar refractivity (Wildman–Crippen MR) is 103 cm³/mol. The van der Waals surface area contributed by atoms with Crippen LogP contribution < -0.4 is 0 Å². The van der Waals surface area contributed by atoms with E-state index in [9.17, 15) is 9.59 Å². The standard InChI is InChI=1S/C22H24N2O3/c1-4-27-21(26)15-20(25)24(17-19-9-6-5-7-10-19)22(2,3)13-12-18-11-8-14-23-16-18/h5-11,14,16H,4,15,17H2,1-3H3. The molecule has 0 saturated carbocycles. The lowest BCUT2D eigenvalue weighted by Gasteiger charge is -2.34. The van der Waals surface area contributed by atoms with E-state index < -0.39 is 11.5 Å². The Kier molecular flexibility index (Phi) is 7.13. The van der Waals surface area contributed by atoms with Crippen LogP contribution in [0.5, 0.6) is 0 Å². The van der Waals surface area contributed by atoms with Crippen molar-refractivity contribution in [3.05, 3.63) is 66.0 Å². The molecule has 27 heavy (non-hydrogen) atoms. The van der Waals surface area contributed by atoms with Crippen molar-refractivity contribution in [2.45, 2.75) is 39.3 Å². The molecule has 140 valence electrons. The number of hydrogen-bond acceptors (Lipinski definition) is 4. The zero-order valence-electron chi connectivity index (χ0n) is 15.9. The van der Waals surface area contributed by atoms with Crippen LogP contribution in [0.15, 0.2) is 54.9 Å². The fourth-order valence-electron chi connectivity index (χ4n) is 2.52. The van der Waals surface area contributed by atoms with Crippen LogP contribution in [0.4, 0.5) is 0 Å². The Bertz CT molecular complexity index is 821. The Balaban J connectivity index is 2.28.